The average molecular weight is 284 g/mol. The highest BCUT2D eigenvalue weighted by atomic mass is 19.4. The highest BCUT2D eigenvalue weighted by Crippen LogP contribution is 2.37. The molecule has 1 aromatic carbocycles. The molecule has 0 saturated heterocycles. The summed E-state index contributed by atoms with van der Waals surface area (Å²) in [7, 11) is 0. The molecule has 0 fully saturated rings. The average Bonchev–Trinajstić information content (AvgIpc) is 2.69. The van der Waals surface area contributed by atoms with Crippen molar-refractivity contribution < 1.29 is 17.6 Å². The van der Waals surface area contributed by atoms with E-state index in [0.717, 1.165) is 6.07 Å². The minimum Gasteiger partial charge on any atom is -0.466 e. The second-order valence-corrected chi connectivity index (χ2v) is 4.55. The van der Waals surface area contributed by atoms with E-state index in [1.165, 1.54) is 12.1 Å². The molecule has 6 heteroatoms. The lowest BCUT2D eigenvalue weighted by Crippen LogP contribution is -2.30. The predicted molar refractivity (Wildman–Crippen MR) is 68.8 cm³/mol. The van der Waals surface area contributed by atoms with E-state index in [1.807, 2.05) is 0 Å². The van der Waals surface area contributed by atoms with Gasteiger partial charge in [-0.25, -0.2) is 5.43 Å². The molecule has 2 aromatic rings. The molecule has 0 radical (unpaired) electrons. The Bertz CT molecular complexity index is 605. The van der Waals surface area contributed by atoms with Crippen molar-refractivity contribution in [1.29, 1.82) is 0 Å². The quantitative estimate of drug-likeness (QED) is 0.670. The standard InChI is InChI=1S/C14H15F3N2O/c1-8-7-11(9(2)20-8)13(19-18)10-5-3-4-6-12(10)14(15,16)17/h3-7,13,19H,18H2,1-2H3. The van der Waals surface area contributed by atoms with Crippen LogP contribution in [0.5, 0.6) is 0 Å². The van der Waals surface area contributed by atoms with Gasteiger partial charge in [-0.05, 0) is 31.5 Å². The Labute approximate surface area is 114 Å². The molecule has 0 bridgehead atoms. The van der Waals surface area contributed by atoms with Crippen molar-refractivity contribution in [2.75, 3.05) is 0 Å². The second-order valence-electron chi connectivity index (χ2n) is 4.55. The Balaban J connectivity index is 2.56. The van der Waals surface area contributed by atoms with Gasteiger partial charge in [-0.1, -0.05) is 18.2 Å². The van der Waals surface area contributed by atoms with E-state index < -0.39 is 17.8 Å². The number of halogens is 3. The Morgan fingerprint density at radius 3 is 2.30 bits per heavy atom. The summed E-state index contributed by atoms with van der Waals surface area (Å²) in [6, 6.07) is 6.28. The molecule has 20 heavy (non-hydrogen) atoms. The molecular formula is C14H15F3N2O. The number of alkyl halides is 3. The van der Waals surface area contributed by atoms with Crippen LogP contribution in [0.15, 0.2) is 34.7 Å². The normalized spacial score (nSPS) is 13.5. The van der Waals surface area contributed by atoms with Gasteiger partial charge >= 0.3 is 6.18 Å². The number of nitrogens with one attached hydrogen (secondary N) is 1. The fourth-order valence-corrected chi connectivity index (χ4v) is 2.29. The van der Waals surface area contributed by atoms with E-state index in [-0.39, 0.29) is 5.56 Å². The van der Waals surface area contributed by atoms with Crippen LogP contribution in [0.3, 0.4) is 0 Å². The third-order valence-corrected chi connectivity index (χ3v) is 3.13. The predicted octanol–water partition coefficient (Wildman–Crippen LogP) is 3.47. The topological polar surface area (TPSA) is 51.2 Å². The van der Waals surface area contributed by atoms with Crippen LogP contribution in [-0.4, -0.2) is 0 Å². The SMILES string of the molecule is Cc1cc(C(NN)c2ccccc2C(F)(F)F)c(C)o1. The number of nitrogens with two attached hydrogens (primary N) is 1. The molecule has 0 amide bonds. The molecule has 0 aliphatic carbocycles. The van der Waals surface area contributed by atoms with Gasteiger partial charge in [-0.3, -0.25) is 5.84 Å². The molecule has 2 rings (SSSR count). The van der Waals surface area contributed by atoms with E-state index in [9.17, 15) is 13.2 Å². The fourth-order valence-electron chi connectivity index (χ4n) is 2.29. The number of rotatable bonds is 3. The van der Waals surface area contributed by atoms with E-state index in [2.05, 4.69) is 5.43 Å². The van der Waals surface area contributed by atoms with Crippen LogP contribution in [0.4, 0.5) is 13.2 Å². The second kappa shape index (κ2) is 5.30. The number of aryl methyl sites for hydroxylation is 2. The van der Waals surface area contributed by atoms with Crippen molar-refractivity contribution in [2.24, 2.45) is 5.84 Å². The first-order valence-corrected chi connectivity index (χ1v) is 6.03. The number of furan rings is 1. The van der Waals surface area contributed by atoms with Gasteiger partial charge in [0.15, 0.2) is 0 Å². The van der Waals surface area contributed by atoms with Crippen LogP contribution >= 0.6 is 0 Å². The zero-order valence-corrected chi connectivity index (χ0v) is 11.1. The molecule has 108 valence electrons. The zero-order valence-electron chi connectivity index (χ0n) is 11.1. The first kappa shape index (κ1) is 14.6. The molecule has 1 heterocycles. The minimum absolute atomic E-state index is 0.0754. The highest BCUT2D eigenvalue weighted by molar-refractivity contribution is 5.40. The molecular weight excluding hydrogens is 269 g/mol. The van der Waals surface area contributed by atoms with Crippen LogP contribution in [0.25, 0.3) is 0 Å². The summed E-state index contributed by atoms with van der Waals surface area (Å²) in [6.07, 6.45) is -4.43. The summed E-state index contributed by atoms with van der Waals surface area (Å²) in [5.74, 6) is 6.64. The maximum atomic E-state index is 13.1. The maximum Gasteiger partial charge on any atom is 0.416 e. The summed E-state index contributed by atoms with van der Waals surface area (Å²) in [5.41, 5.74) is 2.41. The fraction of sp³-hybridized carbons (Fsp3) is 0.286. The largest absolute Gasteiger partial charge is 0.466 e. The lowest BCUT2D eigenvalue weighted by Gasteiger charge is -2.20. The van der Waals surface area contributed by atoms with Crippen molar-refractivity contribution in [1.82, 2.24) is 5.43 Å². The molecule has 1 aromatic heterocycles. The van der Waals surface area contributed by atoms with Crippen molar-refractivity contribution >= 4 is 0 Å². The van der Waals surface area contributed by atoms with Gasteiger partial charge in [0.05, 0.1) is 11.6 Å². The van der Waals surface area contributed by atoms with E-state index >= 15 is 0 Å². The molecule has 3 N–H and O–H groups in total. The molecule has 0 aliphatic rings. The lowest BCUT2D eigenvalue weighted by atomic mass is 9.94. The number of hydrogen-bond acceptors (Lipinski definition) is 3. The van der Waals surface area contributed by atoms with E-state index in [4.69, 9.17) is 10.3 Å². The van der Waals surface area contributed by atoms with Crippen molar-refractivity contribution in [3.63, 3.8) is 0 Å². The van der Waals surface area contributed by atoms with Gasteiger partial charge in [0.1, 0.15) is 11.5 Å². The lowest BCUT2D eigenvalue weighted by molar-refractivity contribution is -0.138. The van der Waals surface area contributed by atoms with Crippen LogP contribution in [-0.2, 0) is 6.18 Å². The van der Waals surface area contributed by atoms with E-state index in [1.54, 1.807) is 26.0 Å². The third kappa shape index (κ3) is 2.71. The Morgan fingerprint density at radius 1 is 1.15 bits per heavy atom. The summed E-state index contributed by atoms with van der Waals surface area (Å²) < 4.78 is 44.6. The molecule has 0 aliphatic heterocycles. The van der Waals surface area contributed by atoms with Crippen LogP contribution in [0, 0.1) is 13.8 Å². The molecule has 3 nitrogen and oxygen atoms in total. The van der Waals surface area contributed by atoms with Crippen LogP contribution in [0.2, 0.25) is 0 Å². The first-order valence-electron chi connectivity index (χ1n) is 6.03. The van der Waals surface area contributed by atoms with Crippen LogP contribution < -0.4 is 11.3 Å². The first-order chi connectivity index (χ1) is 9.34. The van der Waals surface area contributed by atoms with Crippen molar-refractivity contribution in [3.05, 3.63) is 58.5 Å². The summed E-state index contributed by atoms with van der Waals surface area (Å²) in [4.78, 5) is 0. The summed E-state index contributed by atoms with van der Waals surface area (Å²) >= 11 is 0. The number of hydrogen-bond donors (Lipinski definition) is 2. The van der Waals surface area contributed by atoms with Gasteiger partial charge in [0, 0.05) is 5.56 Å². The number of hydrazine groups is 1. The van der Waals surface area contributed by atoms with Crippen molar-refractivity contribution in [3.8, 4) is 0 Å². The van der Waals surface area contributed by atoms with Gasteiger partial charge in [0.2, 0.25) is 0 Å². The third-order valence-electron chi connectivity index (χ3n) is 3.13. The monoisotopic (exact) mass is 284 g/mol. The van der Waals surface area contributed by atoms with E-state index in [0.29, 0.717) is 17.1 Å². The Hall–Kier alpha value is -1.79. The molecule has 1 atom stereocenters. The van der Waals surface area contributed by atoms with Crippen LogP contribution in [0.1, 0.15) is 34.3 Å². The minimum atomic E-state index is -4.43. The zero-order chi connectivity index (χ0) is 14.9. The summed E-state index contributed by atoms with van der Waals surface area (Å²) in [5, 5.41) is 0. The maximum absolute atomic E-state index is 13.1. The molecule has 0 spiro atoms. The highest BCUT2D eigenvalue weighted by Gasteiger charge is 2.35. The Morgan fingerprint density at radius 2 is 1.80 bits per heavy atom. The summed E-state index contributed by atoms with van der Waals surface area (Å²) in [6.45, 7) is 3.43. The van der Waals surface area contributed by atoms with Gasteiger partial charge in [-0.15, -0.1) is 0 Å². The van der Waals surface area contributed by atoms with Gasteiger partial charge in [0.25, 0.3) is 0 Å². The van der Waals surface area contributed by atoms with Gasteiger partial charge < -0.3 is 4.42 Å². The number of benzene rings is 1. The smallest absolute Gasteiger partial charge is 0.416 e. The molecule has 0 saturated carbocycles. The van der Waals surface area contributed by atoms with Crippen molar-refractivity contribution in [2.45, 2.75) is 26.1 Å². The molecule has 1 unspecified atom stereocenters. The van der Waals surface area contributed by atoms with Gasteiger partial charge in [-0.2, -0.15) is 13.2 Å². The Kier molecular flexibility index (Phi) is 3.87.